The second kappa shape index (κ2) is 8.24. The molecule has 0 aliphatic rings. The van der Waals surface area contributed by atoms with Crippen molar-refractivity contribution in [1.29, 1.82) is 0 Å². The van der Waals surface area contributed by atoms with Crippen LogP contribution in [0.15, 0.2) is 15.7 Å². The third-order valence-corrected chi connectivity index (χ3v) is 6.05. The van der Waals surface area contributed by atoms with Crippen LogP contribution in [0.2, 0.25) is 0 Å². The molecule has 1 aromatic rings. The Morgan fingerprint density at radius 3 is 2.52 bits per heavy atom. The van der Waals surface area contributed by atoms with Crippen LogP contribution in [0.3, 0.4) is 0 Å². The highest BCUT2D eigenvalue weighted by Crippen LogP contribution is 2.20. The first-order valence-corrected chi connectivity index (χ1v) is 9.55. The lowest BCUT2D eigenvalue weighted by molar-refractivity contribution is 0.379. The van der Waals surface area contributed by atoms with Crippen molar-refractivity contribution in [1.82, 2.24) is 14.9 Å². The summed E-state index contributed by atoms with van der Waals surface area (Å²) in [5.41, 5.74) is 1.01. The molecule has 1 rings (SSSR count). The van der Waals surface area contributed by atoms with Crippen LogP contribution in [0.5, 0.6) is 0 Å². The van der Waals surface area contributed by atoms with Crippen LogP contribution in [0, 0.1) is 0 Å². The van der Waals surface area contributed by atoms with E-state index in [4.69, 9.17) is 0 Å². The van der Waals surface area contributed by atoms with Crippen molar-refractivity contribution in [3.63, 3.8) is 0 Å². The molecule has 0 fully saturated rings. The molecule has 0 aliphatic carbocycles. The van der Waals surface area contributed by atoms with Gasteiger partial charge in [-0.05, 0) is 51.0 Å². The van der Waals surface area contributed by atoms with E-state index in [0.29, 0.717) is 16.8 Å². The van der Waals surface area contributed by atoms with Crippen LogP contribution in [-0.2, 0) is 16.6 Å². The van der Waals surface area contributed by atoms with E-state index in [2.05, 4.69) is 23.9 Å². The van der Waals surface area contributed by atoms with E-state index >= 15 is 0 Å². The maximum absolute atomic E-state index is 12.3. The van der Waals surface area contributed by atoms with Gasteiger partial charge in [0.2, 0.25) is 10.0 Å². The Bertz CT molecular complexity index is 524. The molecule has 0 bridgehead atoms. The molecule has 0 spiro atoms. The molecule has 0 amide bonds. The first kappa shape index (κ1) is 18.6. The van der Waals surface area contributed by atoms with Crippen molar-refractivity contribution in [2.45, 2.75) is 50.0 Å². The van der Waals surface area contributed by atoms with Gasteiger partial charge in [-0.15, -0.1) is 11.3 Å². The van der Waals surface area contributed by atoms with Crippen LogP contribution in [0.4, 0.5) is 0 Å². The molecule has 0 aromatic carbocycles. The van der Waals surface area contributed by atoms with Crippen molar-refractivity contribution in [2.24, 2.45) is 0 Å². The molecule has 1 unspecified atom stereocenters. The summed E-state index contributed by atoms with van der Waals surface area (Å²) in [4.78, 5) is 2.05. The standard InChI is InChI=1S/C14H27N3O2S2/c1-11(2)15-9-13-8-14(20-10-13)21(18,19)16-12(3)6-7-17(4)5/h8,10-12,15-16H,6-7,9H2,1-5H3. The number of nitrogens with one attached hydrogen (secondary N) is 2. The van der Waals surface area contributed by atoms with E-state index in [1.807, 2.05) is 31.3 Å². The highest BCUT2D eigenvalue weighted by atomic mass is 32.2. The summed E-state index contributed by atoms with van der Waals surface area (Å²) in [6.45, 7) is 7.59. The molecule has 7 heteroatoms. The normalized spacial score (nSPS) is 14.0. The average molecular weight is 334 g/mol. The van der Waals surface area contributed by atoms with Gasteiger partial charge in [0.15, 0.2) is 0 Å². The summed E-state index contributed by atoms with van der Waals surface area (Å²) in [7, 11) is 0.558. The van der Waals surface area contributed by atoms with Crippen molar-refractivity contribution >= 4 is 21.4 Å². The molecule has 0 aliphatic heterocycles. The van der Waals surface area contributed by atoms with Gasteiger partial charge in [0, 0.05) is 18.6 Å². The fraction of sp³-hybridized carbons (Fsp3) is 0.714. The Morgan fingerprint density at radius 2 is 1.95 bits per heavy atom. The summed E-state index contributed by atoms with van der Waals surface area (Å²) in [6.07, 6.45) is 0.791. The zero-order valence-electron chi connectivity index (χ0n) is 13.5. The van der Waals surface area contributed by atoms with Crippen LogP contribution in [-0.4, -0.2) is 46.0 Å². The second-order valence-corrected chi connectivity index (χ2v) is 8.78. The fourth-order valence-electron chi connectivity index (χ4n) is 1.74. The highest BCUT2D eigenvalue weighted by molar-refractivity contribution is 7.91. The van der Waals surface area contributed by atoms with Gasteiger partial charge in [-0.1, -0.05) is 13.8 Å². The Morgan fingerprint density at radius 1 is 1.29 bits per heavy atom. The molecule has 0 saturated heterocycles. The van der Waals surface area contributed by atoms with Crippen LogP contribution >= 0.6 is 11.3 Å². The minimum Gasteiger partial charge on any atom is -0.310 e. The smallest absolute Gasteiger partial charge is 0.250 e. The molecule has 1 atom stereocenters. The number of hydrogen-bond acceptors (Lipinski definition) is 5. The van der Waals surface area contributed by atoms with E-state index in [1.165, 1.54) is 11.3 Å². The monoisotopic (exact) mass is 333 g/mol. The Kier molecular flexibility index (Phi) is 7.29. The van der Waals surface area contributed by atoms with Crippen LogP contribution in [0.25, 0.3) is 0 Å². The molecular formula is C14H27N3O2S2. The molecule has 122 valence electrons. The molecule has 2 N–H and O–H groups in total. The first-order chi connectivity index (χ1) is 9.70. The van der Waals surface area contributed by atoms with E-state index in [-0.39, 0.29) is 6.04 Å². The second-order valence-electron chi connectivity index (χ2n) is 5.92. The van der Waals surface area contributed by atoms with Crippen molar-refractivity contribution in [3.8, 4) is 0 Å². The minimum absolute atomic E-state index is 0.0725. The van der Waals surface area contributed by atoms with Crippen LogP contribution < -0.4 is 10.0 Å². The summed E-state index contributed by atoms with van der Waals surface area (Å²) < 4.78 is 27.7. The fourth-order valence-corrected chi connectivity index (χ4v) is 4.25. The molecular weight excluding hydrogens is 306 g/mol. The van der Waals surface area contributed by atoms with E-state index < -0.39 is 10.0 Å². The van der Waals surface area contributed by atoms with E-state index in [9.17, 15) is 8.42 Å². The number of nitrogens with zero attached hydrogens (tertiary/aromatic N) is 1. The largest absolute Gasteiger partial charge is 0.310 e. The van der Waals surface area contributed by atoms with Gasteiger partial charge in [-0.2, -0.15) is 0 Å². The quantitative estimate of drug-likeness (QED) is 0.724. The summed E-state index contributed by atoms with van der Waals surface area (Å²) in [5.74, 6) is 0. The number of hydrogen-bond donors (Lipinski definition) is 2. The van der Waals surface area contributed by atoms with E-state index in [0.717, 1.165) is 18.5 Å². The maximum Gasteiger partial charge on any atom is 0.250 e. The predicted octanol–water partition coefficient (Wildman–Crippen LogP) is 1.86. The van der Waals surface area contributed by atoms with Crippen molar-refractivity contribution in [3.05, 3.63) is 17.0 Å². The molecule has 0 radical (unpaired) electrons. The number of thiophene rings is 1. The van der Waals surface area contributed by atoms with Gasteiger partial charge < -0.3 is 10.2 Å². The SMILES string of the molecule is CC(C)NCc1csc(S(=O)(=O)NC(C)CCN(C)C)c1. The molecule has 0 saturated carbocycles. The average Bonchev–Trinajstić information content (AvgIpc) is 2.83. The molecule has 5 nitrogen and oxygen atoms in total. The van der Waals surface area contributed by atoms with Gasteiger partial charge in [0.05, 0.1) is 0 Å². The molecule has 1 aromatic heterocycles. The van der Waals surface area contributed by atoms with Gasteiger partial charge >= 0.3 is 0 Å². The van der Waals surface area contributed by atoms with Crippen LogP contribution in [0.1, 0.15) is 32.8 Å². The zero-order valence-corrected chi connectivity index (χ0v) is 15.1. The lowest BCUT2D eigenvalue weighted by Gasteiger charge is -2.16. The zero-order chi connectivity index (χ0) is 16.0. The maximum atomic E-state index is 12.3. The lowest BCUT2D eigenvalue weighted by Crippen LogP contribution is -2.34. The number of sulfonamides is 1. The van der Waals surface area contributed by atoms with Gasteiger partial charge in [-0.3, -0.25) is 0 Å². The van der Waals surface area contributed by atoms with Gasteiger partial charge in [-0.25, -0.2) is 13.1 Å². The minimum atomic E-state index is -3.40. The van der Waals surface area contributed by atoms with Crippen molar-refractivity contribution in [2.75, 3.05) is 20.6 Å². The highest BCUT2D eigenvalue weighted by Gasteiger charge is 2.19. The van der Waals surface area contributed by atoms with Gasteiger partial charge in [0.25, 0.3) is 0 Å². The summed E-state index contributed by atoms with van der Waals surface area (Å²) >= 11 is 1.27. The Labute approximate surface area is 132 Å². The topological polar surface area (TPSA) is 61.4 Å². The Balaban J connectivity index is 2.61. The summed E-state index contributed by atoms with van der Waals surface area (Å²) in [5, 5.41) is 5.18. The summed E-state index contributed by atoms with van der Waals surface area (Å²) in [6, 6.07) is 2.06. The predicted molar refractivity (Wildman–Crippen MR) is 89.2 cm³/mol. The third kappa shape index (κ3) is 6.88. The first-order valence-electron chi connectivity index (χ1n) is 7.18. The van der Waals surface area contributed by atoms with Crippen molar-refractivity contribution < 1.29 is 8.42 Å². The lowest BCUT2D eigenvalue weighted by atomic mass is 10.2. The molecule has 1 heterocycles. The van der Waals surface area contributed by atoms with Gasteiger partial charge in [0.1, 0.15) is 4.21 Å². The number of rotatable bonds is 9. The molecule has 21 heavy (non-hydrogen) atoms. The third-order valence-electron chi connectivity index (χ3n) is 2.97. The van der Waals surface area contributed by atoms with E-state index in [1.54, 1.807) is 6.07 Å². The Hall–Kier alpha value is -0.470.